The van der Waals surface area contributed by atoms with E-state index in [9.17, 15) is 4.79 Å². The molecule has 0 saturated carbocycles. The van der Waals surface area contributed by atoms with Crippen LogP contribution in [0.3, 0.4) is 0 Å². The molecule has 0 bridgehead atoms. The highest BCUT2D eigenvalue weighted by Gasteiger charge is 2.20. The average molecular weight is 214 g/mol. The first-order valence-corrected chi connectivity index (χ1v) is 5.72. The van der Waals surface area contributed by atoms with Crippen molar-refractivity contribution in [3.8, 4) is 0 Å². The minimum absolute atomic E-state index is 0.177. The van der Waals surface area contributed by atoms with Gasteiger partial charge in [0.1, 0.15) is 0 Å². The summed E-state index contributed by atoms with van der Waals surface area (Å²) in [6, 6.07) is 0.402. The summed E-state index contributed by atoms with van der Waals surface area (Å²) >= 11 is 0. The molecule has 1 aliphatic rings. The molecule has 0 radical (unpaired) electrons. The summed E-state index contributed by atoms with van der Waals surface area (Å²) in [5, 5.41) is 0. The van der Waals surface area contributed by atoms with Crippen LogP contribution in [0.2, 0.25) is 0 Å². The maximum Gasteiger partial charge on any atom is 0.219 e. The first kappa shape index (κ1) is 12.5. The Balaban J connectivity index is 2.12. The van der Waals surface area contributed by atoms with Crippen LogP contribution in [0.5, 0.6) is 0 Å². The number of likely N-dealkylation sites (tertiary alicyclic amines) is 1. The molecule has 1 saturated heterocycles. The number of hydrogen-bond donors (Lipinski definition) is 1. The van der Waals surface area contributed by atoms with Crippen LogP contribution in [0.1, 0.15) is 33.6 Å². The monoisotopic (exact) mass is 214 g/mol. The zero-order valence-corrected chi connectivity index (χ0v) is 9.95. The van der Waals surface area contributed by atoms with Gasteiger partial charge in [-0.05, 0) is 18.8 Å². The predicted octanol–water partition coefficient (Wildman–Crippen LogP) is 1.17. The van der Waals surface area contributed by atoms with Crippen molar-refractivity contribution in [1.82, 2.24) is 10.4 Å². The number of nitrogens with one attached hydrogen (secondary N) is 1. The molecule has 0 spiro atoms. The summed E-state index contributed by atoms with van der Waals surface area (Å²) in [6.07, 6.45) is 1.97. The molecule has 88 valence electrons. The van der Waals surface area contributed by atoms with Gasteiger partial charge >= 0.3 is 0 Å². The highest BCUT2D eigenvalue weighted by atomic mass is 16.6. The smallest absolute Gasteiger partial charge is 0.219 e. The summed E-state index contributed by atoms with van der Waals surface area (Å²) in [5.74, 6) is 0.728. The van der Waals surface area contributed by atoms with Gasteiger partial charge in [-0.2, -0.15) is 5.48 Å². The lowest BCUT2D eigenvalue weighted by atomic mass is 10.1. The molecule has 4 nitrogen and oxygen atoms in total. The number of amides is 1. The van der Waals surface area contributed by atoms with E-state index in [4.69, 9.17) is 4.84 Å². The SMILES string of the molecule is CC(=O)N1CCC(NOCC(C)C)CC1. The zero-order valence-electron chi connectivity index (χ0n) is 9.95. The Hall–Kier alpha value is -0.610. The van der Waals surface area contributed by atoms with Gasteiger partial charge in [-0.3, -0.25) is 4.79 Å². The number of hydroxylamine groups is 1. The van der Waals surface area contributed by atoms with Crippen LogP contribution in [-0.2, 0) is 9.63 Å². The lowest BCUT2D eigenvalue weighted by Gasteiger charge is -2.31. The zero-order chi connectivity index (χ0) is 11.3. The van der Waals surface area contributed by atoms with E-state index >= 15 is 0 Å². The summed E-state index contributed by atoms with van der Waals surface area (Å²) in [4.78, 5) is 18.3. The van der Waals surface area contributed by atoms with E-state index in [1.807, 2.05) is 4.90 Å². The molecule has 15 heavy (non-hydrogen) atoms. The van der Waals surface area contributed by atoms with Crippen molar-refractivity contribution in [2.75, 3.05) is 19.7 Å². The van der Waals surface area contributed by atoms with Crippen molar-refractivity contribution in [2.24, 2.45) is 5.92 Å². The van der Waals surface area contributed by atoms with Gasteiger partial charge < -0.3 is 9.74 Å². The summed E-state index contributed by atoms with van der Waals surface area (Å²) in [7, 11) is 0. The van der Waals surface area contributed by atoms with E-state index in [1.54, 1.807) is 6.92 Å². The molecule has 1 heterocycles. The second-order valence-corrected chi connectivity index (χ2v) is 4.60. The van der Waals surface area contributed by atoms with Crippen molar-refractivity contribution in [3.05, 3.63) is 0 Å². The molecule has 0 atom stereocenters. The molecule has 1 aliphatic heterocycles. The van der Waals surface area contributed by atoms with Crippen molar-refractivity contribution >= 4 is 5.91 Å². The van der Waals surface area contributed by atoms with E-state index in [1.165, 1.54) is 0 Å². The standard InChI is InChI=1S/C11H22N2O2/c1-9(2)8-15-12-11-4-6-13(7-5-11)10(3)14/h9,11-12H,4-8H2,1-3H3. The molecule has 0 aromatic heterocycles. The summed E-state index contributed by atoms with van der Waals surface area (Å²) < 4.78 is 0. The molecule has 1 N–H and O–H groups in total. The van der Waals surface area contributed by atoms with Crippen molar-refractivity contribution in [1.29, 1.82) is 0 Å². The fraction of sp³-hybridized carbons (Fsp3) is 0.909. The number of carbonyl (C=O) groups excluding carboxylic acids is 1. The van der Waals surface area contributed by atoms with Crippen LogP contribution in [0.15, 0.2) is 0 Å². The molecule has 1 rings (SSSR count). The molecule has 0 unspecified atom stereocenters. The number of carbonyl (C=O) groups is 1. The Morgan fingerprint density at radius 2 is 2.07 bits per heavy atom. The highest BCUT2D eigenvalue weighted by molar-refractivity contribution is 5.73. The highest BCUT2D eigenvalue weighted by Crippen LogP contribution is 2.10. The lowest BCUT2D eigenvalue weighted by Crippen LogP contribution is -2.44. The Labute approximate surface area is 91.9 Å². The van der Waals surface area contributed by atoms with E-state index in [0.717, 1.165) is 32.5 Å². The minimum atomic E-state index is 0.177. The third kappa shape index (κ3) is 4.62. The first-order chi connectivity index (χ1) is 7.09. The predicted molar refractivity (Wildman–Crippen MR) is 59.2 cm³/mol. The van der Waals surface area contributed by atoms with Crippen LogP contribution in [0.4, 0.5) is 0 Å². The molecule has 0 aromatic rings. The third-order valence-electron chi connectivity index (χ3n) is 2.61. The average Bonchev–Trinajstić information content (AvgIpc) is 2.18. The first-order valence-electron chi connectivity index (χ1n) is 5.72. The second kappa shape index (κ2) is 6.08. The molecule has 1 fully saturated rings. The van der Waals surface area contributed by atoms with E-state index < -0.39 is 0 Å². The normalized spacial score (nSPS) is 18.5. The molecule has 0 aliphatic carbocycles. The van der Waals surface area contributed by atoms with Gasteiger partial charge in [-0.15, -0.1) is 0 Å². The second-order valence-electron chi connectivity index (χ2n) is 4.60. The van der Waals surface area contributed by atoms with Crippen LogP contribution in [0.25, 0.3) is 0 Å². The van der Waals surface area contributed by atoms with E-state index in [-0.39, 0.29) is 5.91 Å². The number of rotatable bonds is 4. The van der Waals surface area contributed by atoms with Gasteiger partial charge in [0.15, 0.2) is 0 Å². The topological polar surface area (TPSA) is 41.6 Å². The quantitative estimate of drug-likeness (QED) is 0.714. The van der Waals surface area contributed by atoms with Crippen molar-refractivity contribution in [2.45, 2.75) is 39.7 Å². The van der Waals surface area contributed by atoms with Crippen molar-refractivity contribution < 1.29 is 9.63 Å². The number of nitrogens with zero attached hydrogens (tertiary/aromatic N) is 1. The van der Waals surface area contributed by atoms with Gasteiger partial charge in [0.2, 0.25) is 5.91 Å². The molecular formula is C11H22N2O2. The number of hydrogen-bond acceptors (Lipinski definition) is 3. The summed E-state index contributed by atoms with van der Waals surface area (Å²) in [6.45, 7) is 8.31. The Morgan fingerprint density at radius 3 is 2.53 bits per heavy atom. The maximum atomic E-state index is 11.1. The largest absolute Gasteiger partial charge is 0.343 e. The Bertz CT molecular complexity index is 199. The van der Waals surface area contributed by atoms with E-state index in [2.05, 4.69) is 19.3 Å². The number of piperidine rings is 1. The van der Waals surface area contributed by atoms with Crippen LogP contribution < -0.4 is 5.48 Å². The van der Waals surface area contributed by atoms with Gasteiger partial charge in [0.05, 0.1) is 6.61 Å². The lowest BCUT2D eigenvalue weighted by molar-refractivity contribution is -0.130. The van der Waals surface area contributed by atoms with Crippen molar-refractivity contribution in [3.63, 3.8) is 0 Å². The maximum absolute atomic E-state index is 11.1. The molecule has 4 heteroatoms. The van der Waals surface area contributed by atoms with E-state index in [0.29, 0.717) is 12.0 Å². The van der Waals surface area contributed by atoms with Gasteiger partial charge in [0, 0.05) is 26.1 Å². The minimum Gasteiger partial charge on any atom is -0.343 e. The summed E-state index contributed by atoms with van der Waals surface area (Å²) in [5.41, 5.74) is 3.07. The Kier molecular flexibility index (Phi) is 5.05. The van der Waals surface area contributed by atoms with Gasteiger partial charge in [-0.25, -0.2) is 0 Å². The fourth-order valence-electron chi connectivity index (χ4n) is 1.64. The molecule has 1 amide bonds. The molecule has 0 aromatic carbocycles. The molecular weight excluding hydrogens is 192 g/mol. The Morgan fingerprint density at radius 1 is 1.47 bits per heavy atom. The van der Waals surface area contributed by atoms with Crippen LogP contribution in [0, 0.1) is 5.92 Å². The van der Waals surface area contributed by atoms with Crippen LogP contribution in [-0.4, -0.2) is 36.5 Å². The van der Waals surface area contributed by atoms with Crippen LogP contribution >= 0.6 is 0 Å². The fourth-order valence-corrected chi connectivity index (χ4v) is 1.64. The third-order valence-corrected chi connectivity index (χ3v) is 2.61. The van der Waals surface area contributed by atoms with Gasteiger partial charge in [0.25, 0.3) is 0 Å². The van der Waals surface area contributed by atoms with Gasteiger partial charge in [-0.1, -0.05) is 13.8 Å².